The Morgan fingerprint density at radius 3 is 2.77 bits per heavy atom. The van der Waals surface area contributed by atoms with Crippen LogP contribution in [-0.4, -0.2) is 18.0 Å². The molecular weight excluding hydrogens is 164 g/mol. The first-order valence-electron chi connectivity index (χ1n) is 4.72. The molecular formula is C10H20N2O. The predicted molar refractivity (Wildman–Crippen MR) is 55.3 cm³/mol. The van der Waals surface area contributed by atoms with Crippen LogP contribution in [0.2, 0.25) is 0 Å². The van der Waals surface area contributed by atoms with Gasteiger partial charge in [0.15, 0.2) is 0 Å². The lowest BCUT2D eigenvalue weighted by Gasteiger charge is -2.22. The van der Waals surface area contributed by atoms with E-state index in [-0.39, 0.29) is 5.91 Å². The number of rotatable bonds is 6. The van der Waals surface area contributed by atoms with Crippen LogP contribution in [0, 0.1) is 0 Å². The van der Waals surface area contributed by atoms with Crippen molar-refractivity contribution in [3.63, 3.8) is 0 Å². The third-order valence-electron chi connectivity index (χ3n) is 1.92. The maximum Gasteiger partial charge on any atom is 0.239 e. The molecule has 0 spiro atoms. The van der Waals surface area contributed by atoms with Gasteiger partial charge in [-0.15, -0.1) is 6.58 Å². The molecule has 0 aromatic carbocycles. The minimum absolute atomic E-state index is 0.0730. The van der Waals surface area contributed by atoms with Gasteiger partial charge in [0.25, 0.3) is 0 Å². The Bertz CT molecular complexity index is 176. The molecule has 3 nitrogen and oxygen atoms in total. The zero-order valence-electron chi connectivity index (χ0n) is 8.60. The highest BCUT2D eigenvalue weighted by atomic mass is 16.2. The second-order valence-corrected chi connectivity index (χ2v) is 3.50. The van der Waals surface area contributed by atoms with Gasteiger partial charge in [0.05, 0.1) is 5.54 Å². The number of carbonyl (C=O) groups is 1. The standard InChI is InChI=1S/C10H20N2O/c1-4-6-8-12-9(13)10(3,11)7-5-2/h4H,1,5-8,11H2,2-3H3,(H,12,13). The molecule has 3 heteroatoms. The van der Waals surface area contributed by atoms with E-state index in [1.807, 2.05) is 6.92 Å². The first kappa shape index (κ1) is 12.2. The van der Waals surface area contributed by atoms with Gasteiger partial charge in [0.1, 0.15) is 0 Å². The molecule has 1 amide bonds. The Morgan fingerprint density at radius 1 is 1.69 bits per heavy atom. The van der Waals surface area contributed by atoms with Gasteiger partial charge in [0.2, 0.25) is 5.91 Å². The molecule has 0 aromatic rings. The van der Waals surface area contributed by atoms with Gasteiger partial charge in [0, 0.05) is 6.54 Å². The second-order valence-electron chi connectivity index (χ2n) is 3.50. The van der Waals surface area contributed by atoms with Gasteiger partial charge in [-0.3, -0.25) is 4.79 Å². The molecule has 0 radical (unpaired) electrons. The van der Waals surface area contributed by atoms with Crippen LogP contribution in [0.3, 0.4) is 0 Å². The first-order chi connectivity index (χ1) is 6.04. The lowest BCUT2D eigenvalue weighted by atomic mass is 9.96. The minimum Gasteiger partial charge on any atom is -0.354 e. The van der Waals surface area contributed by atoms with Gasteiger partial charge in [-0.25, -0.2) is 0 Å². The van der Waals surface area contributed by atoms with Crippen molar-refractivity contribution in [3.05, 3.63) is 12.7 Å². The number of carbonyl (C=O) groups excluding carboxylic acids is 1. The summed E-state index contributed by atoms with van der Waals surface area (Å²) in [6.07, 6.45) is 4.19. The molecule has 3 N–H and O–H groups in total. The molecule has 1 atom stereocenters. The molecule has 0 aliphatic carbocycles. The number of amides is 1. The zero-order valence-corrected chi connectivity index (χ0v) is 8.60. The van der Waals surface area contributed by atoms with Gasteiger partial charge in [-0.05, 0) is 19.8 Å². The number of nitrogens with one attached hydrogen (secondary N) is 1. The third-order valence-corrected chi connectivity index (χ3v) is 1.92. The van der Waals surface area contributed by atoms with Crippen LogP contribution in [0.1, 0.15) is 33.1 Å². The Kier molecular flexibility index (Phi) is 5.39. The van der Waals surface area contributed by atoms with Crippen molar-refractivity contribution in [2.45, 2.75) is 38.6 Å². The SMILES string of the molecule is C=CCCNC(=O)C(C)(N)CCC. The summed E-state index contributed by atoms with van der Waals surface area (Å²) < 4.78 is 0. The molecule has 0 aromatic heterocycles. The molecule has 0 aliphatic heterocycles. The van der Waals surface area contributed by atoms with Crippen molar-refractivity contribution in [2.24, 2.45) is 5.73 Å². The Labute approximate surface area is 80.4 Å². The largest absolute Gasteiger partial charge is 0.354 e. The average molecular weight is 184 g/mol. The van der Waals surface area contributed by atoms with Crippen LogP contribution in [0.5, 0.6) is 0 Å². The summed E-state index contributed by atoms with van der Waals surface area (Å²) >= 11 is 0. The summed E-state index contributed by atoms with van der Waals surface area (Å²) in [7, 11) is 0. The topological polar surface area (TPSA) is 55.1 Å². The van der Waals surface area contributed by atoms with Crippen molar-refractivity contribution in [1.29, 1.82) is 0 Å². The van der Waals surface area contributed by atoms with E-state index >= 15 is 0 Å². The van der Waals surface area contributed by atoms with Crippen molar-refractivity contribution in [3.8, 4) is 0 Å². The number of hydrogen-bond acceptors (Lipinski definition) is 2. The minimum atomic E-state index is -0.726. The third kappa shape index (κ3) is 4.68. The first-order valence-corrected chi connectivity index (χ1v) is 4.72. The number of nitrogens with two attached hydrogens (primary N) is 1. The van der Waals surface area contributed by atoms with E-state index < -0.39 is 5.54 Å². The highest BCUT2D eigenvalue weighted by Gasteiger charge is 2.26. The molecule has 1 unspecified atom stereocenters. The molecule has 0 fully saturated rings. The fourth-order valence-corrected chi connectivity index (χ4v) is 1.12. The second kappa shape index (κ2) is 5.75. The summed E-state index contributed by atoms with van der Waals surface area (Å²) in [6, 6.07) is 0. The quantitative estimate of drug-likeness (QED) is 0.481. The lowest BCUT2D eigenvalue weighted by molar-refractivity contribution is -0.126. The van der Waals surface area contributed by atoms with Gasteiger partial charge >= 0.3 is 0 Å². The fourth-order valence-electron chi connectivity index (χ4n) is 1.12. The van der Waals surface area contributed by atoms with Gasteiger partial charge in [-0.2, -0.15) is 0 Å². The highest BCUT2D eigenvalue weighted by molar-refractivity contribution is 5.85. The van der Waals surface area contributed by atoms with Crippen molar-refractivity contribution >= 4 is 5.91 Å². The smallest absolute Gasteiger partial charge is 0.239 e. The van der Waals surface area contributed by atoms with Gasteiger partial charge < -0.3 is 11.1 Å². The van der Waals surface area contributed by atoms with Crippen LogP contribution < -0.4 is 11.1 Å². The fraction of sp³-hybridized carbons (Fsp3) is 0.700. The summed E-state index contributed by atoms with van der Waals surface area (Å²) in [5.41, 5.74) is 5.09. The predicted octanol–water partition coefficient (Wildman–Crippen LogP) is 1.20. The summed E-state index contributed by atoms with van der Waals surface area (Å²) in [5, 5.41) is 2.77. The van der Waals surface area contributed by atoms with Crippen LogP contribution >= 0.6 is 0 Å². The highest BCUT2D eigenvalue weighted by Crippen LogP contribution is 2.07. The van der Waals surface area contributed by atoms with E-state index in [9.17, 15) is 4.79 Å². The maximum atomic E-state index is 11.5. The number of hydrogen-bond donors (Lipinski definition) is 2. The van der Waals surface area contributed by atoms with Crippen molar-refractivity contribution < 1.29 is 4.79 Å². The molecule has 0 rings (SSSR count). The lowest BCUT2D eigenvalue weighted by Crippen LogP contribution is -2.51. The van der Waals surface area contributed by atoms with E-state index in [1.54, 1.807) is 13.0 Å². The summed E-state index contributed by atoms with van der Waals surface area (Å²) in [6.45, 7) is 7.98. The normalized spacial score (nSPS) is 14.7. The molecule has 76 valence electrons. The zero-order chi connectivity index (χ0) is 10.3. The van der Waals surface area contributed by atoms with Crippen LogP contribution in [0.25, 0.3) is 0 Å². The Hall–Kier alpha value is -0.830. The summed E-state index contributed by atoms with van der Waals surface area (Å²) in [4.78, 5) is 11.5. The van der Waals surface area contributed by atoms with E-state index in [1.165, 1.54) is 0 Å². The molecule has 0 saturated carbocycles. The van der Waals surface area contributed by atoms with Crippen LogP contribution in [-0.2, 0) is 4.79 Å². The molecule has 0 saturated heterocycles. The van der Waals surface area contributed by atoms with Crippen molar-refractivity contribution in [1.82, 2.24) is 5.32 Å². The maximum absolute atomic E-state index is 11.5. The molecule has 13 heavy (non-hydrogen) atoms. The molecule has 0 bridgehead atoms. The average Bonchev–Trinajstić information content (AvgIpc) is 2.04. The summed E-state index contributed by atoms with van der Waals surface area (Å²) in [5.74, 6) is -0.0730. The van der Waals surface area contributed by atoms with Crippen LogP contribution in [0.15, 0.2) is 12.7 Å². The van der Waals surface area contributed by atoms with Crippen molar-refractivity contribution in [2.75, 3.05) is 6.54 Å². The Balaban J connectivity index is 3.86. The molecule has 0 heterocycles. The van der Waals surface area contributed by atoms with E-state index in [0.29, 0.717) is 13.0 Å². The molecule has 0 aliphatic rings. The monoisotopic (exact) mass is 184 g/mol. The van der Waals surface area contributed by atoms with Crippen LogP contribution in [0.4, 0.5) is 0 Å². The van der Waals surface area contributed by atoms with E-state index in [0.717, 1.165) is 12.8 Å². The Morgan fingerprint density at radius 2 is 2.31 bits per heavy atom. The van der Waals surface area contributed by atoms with E-state index in [2.05, 4.69) is 11.9 Å². The van der Waals surface area contributed by atoms with Gasteiger partial charge in [-0.1, -0.05) is 19.4 Å². The van der Waals surface area contributed by atoms with E-state index in [4.69, 9.17) is 5.73 Å².